The first-order chi connectivity index (χ1) is 17.9. The number of ether oxygens (including phenoxy) is 2. The van der Waals surface area contributed by atoms with E-state index in [-0.39, 0.29) is 24.2 Å². The summed E-state index contributed by atoms with van der Waals surface area (Å²) in [6.45, 7) is 10.7. The highest BCUT2D eigenvalue weighted by Gasteiger charge is 2.53. The number of esters is 1. The van der Waals surface area contributed by atoms with E-state index in [4.69, 9.17) is 9.47 Å². The summed E-state index contributed by atoms with van der Waals surface area (Å²) in [5, 5.41) is 22.1. The number of carbonyl (C=O) groups is 2. The summed E-state index contributed by atoms with van der Waals surface area (Å²) in [4.78, 5) is 30.6. The molecular weight excluding hydrogens is 489 g/mol. The minimum atomic E-state index is -1.38. The van der Waals surface area contributed by atoms with Crippen molar-refractivity contribution in [1.29, 1.82) is 0 Å². The van der Waals surface area contributed by atoms with Crippen LogP contribution in [0.3, 0.4) is 0 Å². The predicted molar refractivity (Wildman–Crippen MR) is 142 cm³/mol. The highest BCUT2D eigenvalue weighted by atomic mass is 19.1. The molecule has 2 aliphatic rings. The van der Waals surface area contributed by atoms with Crippen LogP contribution in [0.15, 0.2) is 42.9 Å². The van der Waals surface area contributed by atoms with Gasteiger partial charge in [0.05, 0.1) is 41.4 Å². The van der Waals surface area contributed by atoms with Gasteiger partial charge in [0.2, 0.25) is 0 Å². The van der Waals surface area contributed by atoms with Gasteiger partial charge in [0, 0.05) is 18.5 Å². The quantitative estimate of drug-likeness (QED) is 0.314. The van der Waals surface area contributed by atoms with Crippen LogP contribution in [0.1, 0.15) is 78.3 Å². The van der Waals surface area contributed by atoms with Gasteiger partial charge in [-0.2, -0.15) is 0 Å². The summed E-state index contributed by atoms with van der Waals surface area (Å²) in [5.74, 6) is -2.68. The van der Waals surface area contributed by atoms with Gasteiger partial charge >= 0.3 is 5.97 Å². The third kappa shape index (κ3) is 7.36. The maximum atomic E-state index is 15.4. The molecule has 7 nitrogen and oxygen atoms in total. The van der Waals surface area contributed by atoms with E-state index in [1.54, 1.807) is 44.3 Å². The first-order valence-electron chi connectivity index (χ1n) is 13.6. The number of pyridine rings is 1. The standard InChI is InChI=1S/C30H42FNO6/c1-6-7-13-21-27(35)19(2)11-10-14-30(5)25(38-30)17-23(22(31)16-20-12-8-9-15-32-20)37-26(34)18-24(33)29(3,4)28(21)36/h6,8-9,12,15-16,19,21,23-25,27,33,35H,1,7,10-11,13-14,17-18H2,2-5H3/t19-,21+,23-,24-,25?,27+,30?/m0/s1. The van der Waals surface area contributed by atoms with Gasteiger partial charge in [-0.25, -0.2) is 4.39 Å². The molecule has 0 saturated carbocycles. The molecule has 2 unspecified atom stereocenters. The predicted octanol–water partition coefficient (Wildman–Crippen LogP) is 4.96. The maximum absolute atomic E-state index is 15.4. The van der Waals surface area contributed by atoms with Gasteiger partial charge in [0.1, 0.15) is 11.6 Å². The van der Waals surface area contributed by atoms with E-state index in [9.17, 15) is 19.8 Å². The average molecular weight is 532 g/mol. The fourth-order valence-corrected chi connectivity index (χ4v) is 5.27. The second-order valence-corrected chi connectivity index (χ2v) is 11.6. The van der Waals surface area contributed by atoms with Crippen LogP contribution in [0.2, 0.25) is 0 Å². The summed E-state index contributed by atoms with van der Waals surface area (Å²) < 4.78 is 26.8. The number of aromatic nitrogens is 1. The van der Waals surface area contributed by atoms with Crippen LogP contribution in [0.5, 0.6) is 0 Å². The number of aliphatic hydroxyl groups excluding tert-OH is 2. The molecule has 8 heteroatoms. The Morgan fingerprint density at radius 1 is 1.26 bits per heavy atom. The molecule has 3 rings (SSSR count). The summed E-state index contributed by atoms with van der Waals surface area (Å²) in [6, 6.07) is 5.09. The van der Waals surface area contributed by atoms with Gasteiger partial charge < -0.3 is 19.7 Å². The summed E-state index contributed by atoms with van der Waals surface area (Å²) in [6.07, 6.45) is 3.35. The fourth-order valence-electron chi connectivity index (χ4n) is 5.27. The number of Topliss-reactive ketones (excluding diaryl/α,β-unsaturated/α-hetero) is 1. The third-order valence-electron chi connectivity index (χ3n) is 8.19. The van der Waals surface area contributed by atoms with Crippen LogP contribution < -0.4 is 0 Å². The number of hydrogen-bond donors (Lipinski definition) is 2. The van der Waals surface area contributed by atoms with E-state index in [1.165, 1.54) is 6.08 Å². The molecule has 2 N–H and O–H groups in total. The number of allylic oxidation sites excluding steroid dienone is 1. The van der Waals surface area contributed by atoms with Gasteiger partial charge in [0.15, 0.2) is 6.10 Å². The number of halogens is 1. The molecule has 0 radical (unpaired) electrons. The lowest BCUT2D eigenvalue weighted by molar-refractivity contribution is -0.155. The molecule has 7 atom stereocenters. The first kappa shape index (κ1) is 30.1. The van der Waals surface area contributed by atoms with Crippen molar-refractivity contribution in [2.24, 2.45) is 17.3 Å². The Kier molecular flexibility index (Phi) is 10.0. The number of ketones is 1. The lowest BCUT2D eigenvalue weighted by atomic mass is 9.71. The summed E-state index contributed by atoms with van der Waals surface area (Å²) >= 11 is 0. The number of aliphatic hydroxyl groups is 2. The zero-order chi connectivity index (χ0) is 28.1. The van der Waals surface area contributed by atoms with E-state index < -0.39 is 53.5 Å². The number of nitrogens with zero attached hydrogens (tertiary/aromatic N) is 1. The Morgan fingerprint density at radius 3 is 2.66 bits per heavy atom. The van der Waals surface area contributed by atoms with E-state index >= 15 is 4.39 Å². The molecule has 0 aromatic carbocycles. The van der Waals surface area contributed by atoms with Crippen LogP contribution in [0.4, 0.5) is 4.39 Å². The van der Waals surface area contributed by atoms with Crippen molar-refractivity contribution >= 4 is 17.8 Å². The molecular formula is C30H42FNO6. The highest BCUT2D eigenvalue weighted by Crippen LogP contribution is 2.45. The Hall–Kier alpha value is -2.42. The highest BCUT2D eigenvalue weighted by molar-refractivity contribution is 5.88. The SMILES string of the molecule is C=CCC[C@H]1C(=O)C(C)(C)[C@@H](O)CC(=O)O[C@H](C(F)=Cc2ccccn2)CC2OC2(C)CCC[C@H](C)[C@H]1O. The molecule has 3 heterocycles. The van der Waals surface area contributed by atoms with Crippen molar-refractivity contribution in [3.8, 4) is 0 Å². The molecule has 0 spiro atoms. The van der Waals surface area contributed by atoms with Gasteiger partial charge in [-0.05, 0) is 56.7 Å². The number of carbonyl (C=O) groups excluding carboxylic acids is 2. The van der Waals surface area contributed by atoms with Crippen molar-refractivity contribution in [3.05, 3.63) is 48.6 Å². The first-order valence-corrected chi connectivity index (χ1v) is 13.6. The van der Waals surface area contributed by atoms with E-state index in [1.807, 2.05) is 13.8 Å². The minimum absolute atomic E-state index is 0.123. The van der Waals surface area contributed by atoms with Crippen LogP contribution in [-0.2, 0) is 19.1 Å². The molecule has 2 saturated heterocycles. The molecule has 1 aromatic rings. The molecule has 2 fully saturated rings. The van der Waals surface area contributed by atoms with Gasteiger partial charge in [-0.1, -0.05) is 39.3 Å². The number of hydrogen-bond acceptors (Lipinski definition) is 7. The van der Waals surface area contributed by atoms with Crippen molar-refractivity contribution in [3.63, 3.8) is 0 Å². The van der Waals surface area contributed by atoms with Gasteiger partial charge in [-0.15, -0.1) is 6.58 Å². The van der Waals surface area contributed by atoms with Gasteiger partial charge in [0.25, 0.3) is 0 Å². The van der Waals surface area contributed by atoms with Crippen molar-refractivity contribution in [2.45, 2.75) is 103 Å². The molecule has 2 aliphatic heterocycles. The molecule has 0 aliphatic carbocycles. The zero-order valence-electron chi connectivity index (χ0n) is 22.9. The molecule has 0 bridgehead atoms. The number of epoxide rings is 1. The van der Waals surface area contributed by atoms with Crippen LogP contribution in [0, 0.1) is 17.3 Å². The number of fused-ring (bicyclic) bond motifs is 1. The Labute approximate surface area is 225 Å². The van der Waals surface area contributed by atoms with Crippen LogP contribution >= 0.6 is 0 Å². The largest absolute Gasteiger partial charge is 0.455 e. The topological polar surface area (TPSA) is 109 Å². The van der Waals surface area contributed by atoms with E-state index in [0.29, 0.717) is 31.4 Å². The number of rotatable bonds is 5. The molecule has 210 valence electrons. The zero-order valence-corrected chi connectivity index (χ0v) is 22.9. The Morgan fingerprint density at radius 2 is 2.00 bits per heavy atom. The molecule has 1 aromatic heterocycles. The van der Waals surface area contributed by atoms with Crippen molar-refractivity contribution in [1.82, 2.24) is 4.98 Å². The minimum Gasteiger partial charge on any atom is -0.455 e. The van der Waals surface area contributed by atoms with E-state index in [0.717, 1.165) is 6.42 Å². The summed E-state index contributed by atoms with van der Waals surface area (Å²) in [7, 11) is 0. The lowest BCUT2D eigenvalue weighted by Crippen LogP contribution is -2.46. The lowest BCUT2D eigenvalue weighted by Gasteiger charge is -2.36. The smallest absolute Gasteiger partial charge is 0.309 e. The fraction of sp³-hybridized carbons (Fsp3) is 0.633. The van der Waals surface area contributed by atoms with Crippen molar-refractivity contribution < 1.29 is 33.7 Å². The van der Waals surface area contributed by atoms with Crippen LogP contribution in [0.25, 0.3) is 6.08 Å². The maximum Gasteiger partial charge on any atom is 0.309 e. The Bertz CT molecular complexity index is 1010. The molecule has 38 heavy (non-hydrogen) atoms. The third-order valence-corrected chi connectivity index (χ3v) is 8.19. The number of cyclic esters (lactones) is 1. The summed E-state index contributed by atoms with van der Waals surface area (Å²) in [5.41, 5.74) is -1.44. The van der Waals surface area contributed by atoms with Crippen molar-refractivity contribution in [2.75, 3.05) is 0 Å². The van der Waals surface area contributed by atoms with Gasteiger partial charge in [-0.3, -0.25) is 14.6 Å². The molecule has 0 amide bonds. The second-order valence-electron chi connectivity index (χ2n) is 11.6. The monoisotopic (exact) mass is 531 g/mol. The Balaban J connectivity index is 1.88. The van der Waals surface area contributed by atoms with E-state index in [2.05, 4.69) is 11.6 Å². The normalized spacial score (nSPS) is 35.2. The van der Waals surface area contributed by atoms with Crippen LogP contribution in [-0.4, -0.2) is 57.0 Å². The average Bonchev–Trinajstić information content (AvgIpc) is 3.51. The second kappa shape index (κ2) is 12.6.